The minimum atomic E-state index is -0.899. The zero-order valence-corrected chi connectivity index (χ0v) is 17.3. The van der Waals surface area contributed by atoms with E-state index >= 15 is 0 Å². The number of rotatable bonds is 5. The Morgan fingerprint density at radius 2 is 1.87 bits per heavy atom. The number of benzene rings is 2. The first kappa shape index (κ1) is 20.9. The van der Waals surface area contributed by atoms with Crippen LogP contribution >= 0.6 is 0 Å². The molecule has 8 heteroatoms. The van der Waals surface area contributed by atoms with Crippen molar-refractivity contribution in [3.05, 3.63) is 65.0 Å². The lowest BCUT2D eigenvalue weighted by molar-refractivity contribution is -0.140. The van der Waals surface area contributed by atoms with Gasteiger partial charge in [0.2, 0.25) is 0 Å². The molecule has 1 atom stereocenters. The van der Waals surface area contributed by atoms with Gasteiger partial charge in [0, 0.05) is 18.7 Å². The Morgan fingerprint density at radius 1 is 1.13 bits per heavy atom. The number of ether oxygens (including phenoxy) is 2. The van der Waals surface area contributed by atoms with E-state index < -0.39 is 23.5 Å². The molecule has 7 nitrogen and oxygen atoms in total. The molecular weight excluding hydrogens is 403 g/mol. The molecule has 1 amide bonds. The van der Waals surface area contributed by atoms with Gasteiger partial charge in [-0.2, -0.15) is 0 Å². The van der Waals surface area contributed by atoms with Crippen LogP contribution in [-0.4, -0.2) is 67.0 Å². The monoisotopic (exact) mass is 426 g/mol. The number of hydrogen-bond donors (Lipinski definition) is 1. The van der Waals surface area contributed by atoms with Gasteiger partial charge in [0.05, 0.1) is 11.6 Å². The summed E-state index contributed by atoms with van der Waals surface area (Å²) >= 11 is 0. The lowest BCUT2D eigenvalue weighted by Gasteiger charge is -2.26. The van der Waals surface area contributed by atoms with E-state index in [-0.39, 0.29) is 17.9 Å². The molecule has 31 heavy (non-hydrogen) atoms. The standard InChI is InChI=1S/C23H23FN2O5/c1-25(2)8-9-26-20(14-4-3-5-16(24)12-14)19(22(28)23(26)29)21(27)15-6-7-17-18(13-15)31-11-10-30-17/h3-7,12-13,20,27H,8-11H2,1-2H3/t20-/m1/s1. The van der Waals surface area contributed by atoms with Crippen molar-refractivity contribution in [2.75, 3.05) is 40.4 Å². The van der Waals surface area contributed by atoms with Gasteiger partial charge in [0.25, 0.3) is 11.7 Å². The molecule has 0 aromatic heterocycles. The third-order valence-corrected chi connectivity index (χ3v) is 5.31. The fourth-order valence-corrected chi connectivity index (χ4v) is 3.79. The minimum Gasteiger partial charge on any atom is -0.507 e. The summed E-state index contributed by atoms with van der Waals surface area (Å²) in [6.07, 6.45) is 0. The van der Waals surface area contributed by atoms with E-state index in [1.807, 2.05) is 19.0 Å². The number of aliphatic hydroxyl groups is 1. The number of Topliss-reactive ketones (excluding diaryl/α,β-unsaturated/α-hetero) is 1. The lowest BCUT2D eigenvalue weighted by Crippen LogP contribution is -2.35. The maximum Gasteiger partial charge on any atom is 0.295 e. The summed E-state index contributed by atoms with van der Waals surface area (Å²) in [5.41, 5.74) is 0.652. The fourth-order valence-electron chi connectivity index (χ4n) is 3.79. The molecule has 0 aliphatic carbocycles. The zero-order valence-electron chi connectivity index (χ0n) is 17.3. The molecule has 0 radical (unpaired) electrons. The van der Waals surface area contributed by atoms with Crippen LogP contribution in [0.1, 0.15) is 17.2 Å². The number of hydrogen-bond acceptors (Lipinski definition) is 6. The number of aliphatic hydroxyl groups excluding tert-OH is 1. The maximum atomic E-state index is 14.0. The van der Waals surface area contributed by atoms with Gasteiger partial charge in [-0.1, -0.05) is 12.1 Å². The number of nitrogens with zero attached hydrogens (tertiary/aromatic N) is 2. The molecule has 0 bridgehead atoms. The Hall–Kier alpha value is -3.39. The molecule has 162 valence electrons. The quantitative estimate of drug-likeness (QED) is 0.450. The number of carbonyl (C=O) groups excluding carboxylic acids is 2. The first-order chi connectivity index (χ1) is 14.9. The Morgan fingerprint density at radius 3 is 2.58 bits per heavy atom. The van der Waals surface area contributed by atoms with Crippen molar-refractivity contribution in [3.63, 3.8) is 0 Å². The fraction of sp³-hybridized carbons (Fsp3) is 0.304. The highest BCUT2D eigenvalue weighted by atomic mass is 19.1. The van der Waals surface area contributed by atoms with Crippen molar-refractivity contribution in [1.82, 2.24) is 9.80 Å². The van der Waals surface area contributed by atoms with E-state index in [9.17, 15) is 19.1 Å². The van der Waals surface area contributed by atoms with Gasteiger partial charge < -0.3 is 24.4 Å². The first-order valence-corrected chi connectivity index (χ1v) is 9.95. The Bertz CT molecular complexity index is 1070. The van der Waals surface area contributed by atoms with E-state index in [1.165, 1.54) is 23.1 Å². The van der Waals surface area contributed by atoms with Crippen molar-refractivity contribution < 1.29 is 28.6 Å². The largest absolute Gasteiger partial charge is 0.507 e. The molecule has 2 aromatic carbocycles. The highest BCUT2D eigenvalue weighted by molar-refractivity contribution is 6.46. The van der Waals surface area contributed by atoms with Crippen LogP contribution in [0.5, 0.6) is 11.5 Å². The van der Waals surface area contributed by atoms with Crippen LogP contribution in [-0.2, 0) is 9.59 Å². The number of ketones is 1. The molecule has 2 aliphatic heterocycles. The third kappa shape index (κ3) is 3.98. The van der Waals surface area contributed by atoms with Crippen molar-refractivity contribution in [1.29, 1.82) is 0 Å². The normalized spacial score (nSPS) is 19.9. The minimum absolute atomic E-state index is 0.0777. The van der Waals surface area contributed by atoms with Crippen LogP contribution in [0.2, 0.25) is 0 Å². The van der Waals surface area contributed by atoms with Gasteiger partial charge in [-0.15, -0.1) is 0 Å². The molecule has 2 aromatic rings. The first-order valence-electron chi connectivity index (χ1n) is 9.95. The maximum absolute atomic E-state index is 14.0. The highest BCUT2D eigenvalue weighted by Crippen LogP contribution is 2.41. The van der Waals surface area contributed by atoms with Crippen LogP contribution in [0.25, 0.3) is 5.76 Å². The van der Waals surface area contributed by atoms with Crippen LogP contribution in [0.3, 0.4) is 0 Å². The molecule has 2 heterocycles. The topological polar surface area (TPSA) is 79.3 Å². The second-order valence-electron chi connectivity index (χ2n) is 7.71. The summed E-state index contributed by atoms with van der Waals surface area (Å²) in [5.74, 6) is -1.38. The molecule has 1 N–H and O–H groups in total. The number of likely N-dealkylation sites (N-methyl/N-ethyl adjacent to an activating group) is 1. The number of fused-ring (bicyclic) bond motifs is 1. The Balaban J connectivity index is 1.83. The second kappa shape index (κ2) is 8.39. The predicted octanol–water partition coefficient (Wildman–Crippen LogP) is 2.58. The highest BCUT2D eigenvalue weighted by Gasteiger charge is 2.46. The Labute approximate surface area is 179 Å². The average molecular weight is 426 g/mol. The summed E-state index contributed by atoms with van der Waals surface area (Å²) in [6, 6.07) is 9.62. The van der Waals surface area contributed by atoms with Gasteiger partial charge in [-0.3, -0.25) is 9.59 Å². The van der Waals surface area contributed by atoms with E-state index in [0.29, 0.717) is 42.4 Å². The number of amides is 1. The molecule has 1 fully saturated rings. The summed E-state index contributed by atoms with van der Waals surface area (Å²) in [5, 5.41) is 11.1. The summed E-state index contributed by atoms with van der Waals surface area (Å²) < 4.78 is 25.1. The zero-order chi connectivity index (χ0) is 22.1. The number of carbonyl (C=O) groups is 2. The van der Waals surface area contributed by atoms with E-state index in [2.05, 4.69) is 0 Å². The van der Waals surface area contributed by atoms with Gasteiger partial charge in [-0.25, -0.2) is 4.39 Å². The molecule has 4 rings (SSSR count). The number of likely N-dealkylation sites (tertiary alicyclic amines) is 1. The van der Waals surface area contributed by atoms with Crippen molar-refractivity contribution in [2.45, 2.75) is 6.04 Å². The van der Waals surface area contributed by atoms with Crippen LogP contribution in [0.15, 0.2) is 48.0 Å². The average Bonchev–Trinajstić information content (AvgIpc) is 3.01. The van der Waals surface area contributed by atoms with Crippen LogP contribution in [0.4, 0.5) is 4.39 Å². The Kier molecular flexibility index (Phi) is 5.65. The lowest BCUT2D eigenvalue weighted by atomic mass is 9.95. The summed E-state index contributed by atoms with van der Waals surface area (Å²) in [7, 11) is 3.70. The van der Waals surface area contributed by atoms with Crippen molar-refractivity contribution in [2.24, 2.45) is 0 Å². The van der Waals surface area contributed by atoms with E-state index in [1.54, 1.807) is 24.3 Å². The van der Waals surface area contributed by atoms with Gasteiger partial charge in [-0.05, 0) is 50.0 Å². The molecule has 2 aliphatic rings. The number of halogens is 1. The van der Waals surface area contributed by atoms with Crippen LogP contribution < -0.4 is 9.47 Å². The second-order valence-corrected chi connectivity index (χ2v) is 7.71. The van der Waals surface area contributed by atoms with Gasteiger partial charge >= 0.3 is 0 Å². The third-order valence-electron chi connectivity index (χ3n) is 5.31. The molecule has 0 saturated carbocycles. The van der Waals surface area contributed by atoms with Gasteiger partial charge in [0.1, 0.15) is 24.8 Å². The molecular formula is C23H23FN2O5. The van der Waals surface area contributed by atoms with Gasteiger partial charge in [0.15, 0.2) is 11.5 Å². The predicted molar refractivity (Wildman–Crippen MR) is 111 cm³/mol. The van der Waals surface area contributed by atoms with E-state index in [0.717, 1.165) is 0 Å². The summed E-state index contributed by atoms with van der Waals surface area (Å²) in [6.45, 7) is 1.55. The van der Waals surface area contributed by atoms with Crippen molar-refractivity contribution in [3.8, 4) is 11.5 Å². The van der Waals surface area contributed by atoms with Crippen molar-refractivity contribution >= 4 is 17.4 Å². The smallest absolute Gasteiger partial charge is 0.295 e. The molecule has 0 spiro atoms. The molecule has 1 saturated heterocycles. The van der Waals surface area contributed by atoms with Crippen LogP contribution in [0, 0.1) is 5.82 Å². The molecule has 0 unspecified atom stereocenters. The summed E-state index contributed by atoms with van der Waals surface area (Å²) in [4.78, 5) is 29.1. The van der Waals surface area contributed by atoms with E-state index in [4.69, 9.17) is 9.47 Å². The SMILES string of the molecule is CN(C)CCN1C(=O)C(=O)C(=C(O)c2ccc3c(c2)OCCO3)[C@H]1c1cccc(F)c1.